The molecular weight excluding hydrogens is 252 g/mol. The van der Waals surface area contributed by atoms with Gasteiger partial charge in [-0.15, -0.1) is 0 Å². The molecule has 0 bridgehead atoms. The van der Waals surface area contributed by atoms with Crippen molar-refractivity contribution in [3.63, 3.8) is 0 Å². The lowest BCUT2D eigenvalue weighted by Crippen LogP contribution is -2.37. The Labute approximate surface area is 118 Å². The van der Waals surface area contributed by atoms with Crippen molar-refractivity contribution in [1.82, 2.24) is 15.1 Å². The van der Waals surface area contributed by atoms with Crippen LogP contribution in [0.3, 0.4) is 0 Å². The van der Waals surface area contributed by atoms with E-state index in [4.69, 9.17) is 5.73 Å². The zero-order valence-electron chi connectivity index (χ0n) is 12.1. The van der Waals surface area contributed by atoms with Crippen LogP contribution in [0.1, 0.15) is 23.9 Å². The smallest absolute Gasteiger partial charge is 0.236 e. The molecular formula is C15H20N4O. The second-order valence-electron chi connectivity index (χ2n) is 5.01. The van der Waals surface area contributed by atoms with E-state index in [0.29, 0.717) is 6.54 Å². The number of hydrogen-bond donors (Lipinski definition) is 2. The third-order valence-corrected chi connectivity index (χ3v) is 3.07. The highest BCUT2D eigenvalue weighted by molar-refractivity contribution is 5.80. The Bertz CT molecular complexity index is 599. The van der Waals surface area contributed by atoms with E-state index in [1.807, 2.05) is 48.9 Å². The normalized spacial score (nSPS) is 12.2. The number of carbonyl (C=O) groups excluding carboxylic acids is 1. The van der Waals surface area contributed by atoms with E-state index >= 15 is 0 Å². The lowest BCUT2D eigenvalue weighted by molar-refractivity contribution is -0.122. The molecule has 20 heavy (non-hydrogen) atoms. The van der Waals surface area contributed by atoms with Gasteiger partial charge in [0.25, 0.3) is 0 Å². The number of aromatic nitrogens is 2. The van der Waals surface area contributed by atoms with Crippen LogP contribution in [0.15, 0.2) is 30.3 Å². The van der Waals surface area contributed by atoms with Gasteiger partial charge in [0.1, 0.15) is 0 Å². The molecule has 0 radical (unpaired) electrons. The van der Waals surface area contributed by atoms with Crippen molar-refractivity contribution in [3.05, 3.63) is 47.3 Å². The van der Waals surface area contributed by atoms with Crippen LogP contribution in [0.25, 0.3) is 5.69 Å². The maximum atomic E-state index is 11.4. The first-order valence-electron chi connectivity index (χ1n) is 6.63. The van der Waals surface area contributed by atoms with Crippen molar-refractivity contribution in [2.45, 2.75) is 33.4 Å². The molecule has 0 saturated carbocycles. The number of amides is 1. The van der Waals surface area contributed by atoms with Crippen LogP contribution in [-0.2, 0) is 11.3 Å². The van der Waals surface area contributed by atoms with Crippen molar-refractivity contribution in [2.75, 3.05) is 0 Å². The second kappa shape index (κ2) is 5.88. The highest BCUT2D eigenvalue weighted by atomic mass is 16.2. The van der Waals surface area contributed by atoms with Crippen LogP contribution >= 0.6 is 0 Å². The van der Waals surface area contributed by atoms with Gasteiger partial charge in [-0.25, -0.2) is 4.68 Å². The zero-order chi connectivity index (χ0) is 14.7. The van der Waals surface area contributed by atoms with Gasteiger partial charge in [0.15, 0.2) is 0 Å². The molecule has 1 amide bonds. The number of nitrogens with one attached hydrogen (secondary N) is 1. The topological polar surface area (TPSA) is 72.9 Å². The number of carbonyl (C=O) groups is 1. The summed E-state index contributed by atoms with van der Waals surface area (Å²) >= 11 is 0. The van der Waals surface area contributed by atoms with Crippen molar-refractivity contribution in [2.24, 2.45) is 5.73 Å². The Morgan fingerprint density at radius 2 is 2.00 bits per heavy atom. The summed E-state index contributed by atoms with van der Waals surface area (Å²) in [6.45, 7) is 6.15. The molecule has 1 unspecified atom stereocenters. The summed E-state index contributed by atoms with van der Waals surface area (Å²) in [5.74, 6) is -0.146. The maximum absolute atomic E-state index is 11.4. The Morgan fingerprint density at radius 3 is 2.50 bits per heavy atom. The van der Waals surface area contributed by atoms with E-state index in [1.165, 1.54) is 0 Å². The number of nitrogens with zero attached hydrogens (tertiary/aromatic N) is 2. The predicted molar refractivity (Wildman–Crippen MR) is 78.5 cm³/mol. The van der Waals surface area contributed by atoms with Crippen molar-refractivity contribution in [3.8, 4) is 5.69 Å². The summed E-state index contributed by atoms with van der Waals surface area (Å²) < 4.78 is 1.90. The summed E-state index contributed by atoms with van der Waals surface area (Å²) in [6.07, 6.45) is 0. The first-order chi connectivity index (χ1) is 9.47. The Hall–Kier alpha value is -2.14. The molecule has 0 aliphatic rings. The zero-order valence-corrected chi connectivity index (χ0v) is 12.1. The van der Waals surface area contributed by atoms with E-state index in [2.05, 4.69) is 10.4 Å². The molecule has 5 heteroatoms. The minimum Gasteiger partial charge on any atom is -0.351 e. The van der Waals surface area contributed by atoms with Crippen LogP contribution < -0.4 is 11.1 Å². The average Bonchev–Trinajstić information content (AvgIpc) is 2.75. The van der Waals surface area contributed by atoms with Gasteiger partial charge in [0, 0.05) is 12.2 Å². The quantitative estimate of drug-likeness (QED) is 0.885. The van der Waals surface area contributed by atoms with Crippen LogP contribution in [0.5, 0.6) is 0 Å². The minimum absolute atomic E-state index is 0.146. The van der Waals surface area contributed by atoms with Gasteiger partial charge in [0.05, 0.1) is 17.4 Å². The van der Waals surface area contributed by atoms with Gasteiger partial charge in [-0.3, -0.25) is 4.79 Å². The van der Waals surface area contributed by atoms with E-state index in [-0.39, 0.29) is 5.91 Å². The largest absolute Gasteiger partial charge is 0.351 e. The van der Waals surface area contributed by atoms with Gasteiger partial charge in [-0.05, 0) is 44.5 Å². The Kier molecular flexibility index (Phi) is 4.20. The highest BCUT2D eigenvalue weighted by Gasteiger charge is 2.07. The minimum atomic E-state index is -0.482. The predicted octanol–water partition coefficient (Wildman–Crippen LogP) is 1.45. The van der Waals surface area contributed by atoms with E-state index in [9.17, 15) is 4.79 Å². The van der Waals surface area contributed by atoms with Crippen molar-refractivity contribution >= 4 is 5.91 Å². The van der Waals surface area contributed by atoms with E-state index < -0.39 is 6.04 Å². The molecule has 0 spiro atoms. The molecule has 2 aromatic rings. The van der Waals surface area contributed by atoms with Crippen LogP contribution in [0.4, 0.5) is 0 Å². The fourth-order valence-electron chi connectivity index (χ4n) is 2.00. The molecule has 1 aromatic carbocycles. The molecule has 5 nitrogen and oxygen atoms in total. The molecule has 1 heterocycles. The average molecular weight is 272 g/mol. The maximum Gasteiger partial charge on any atom is 0.236 e. The molecule has 0 aliphatic carbocycles. The molecule has 0 aliphatic heterocycles. The summed E-state index contributed by atoms with van der Waals surface area (Å²) in [4.78, 5) is 11.4. The SMILES string of the molecule is Cc1cc(C)n(-c2ccc(CNC(=O)C(C)N)cc2)n1. The molecule has 106 valence electrons. The standard InChI is InChI=1S/C15H20N4O/c1-10-8-11(2)19(18-10)14-6-4-13(5-7-14)9-17-15(20)12(3)16/h4-8,12H,9,16H2,1-3H3,(H,17,20). The molecule has 0 fully saturated rings. The molecule has 2 rings (SSSR count). The molecule has 1 aromatic heterocycles. The highest BCUT2D eigenvalue weighted by Crippen LogP contribution is 2.13. The third-order valence-electron chi connectivity index (χ3n) is 3.07. The van der Waals surface area contributed by atoms with Crippen LogP contribution in [0, 0.1) is 13.8 Å². The monoisotopic (exact) mass is 272 g/mol. The van der Waals surface area contributed by atoms with E-state index in [0.717, 1.165) is 22.6 Å². The number of nitrogens with two attached hydrogens (primary N) is 1. The van der Waals surface area contributed by atoms with Gasteiger partial charge in [-0.2, -0.15) is 5.10 Å². The molecule has 3 N–H and O–H groups in total. The fourth-order valence-corrected chi connectivity index (χ4v) is 2.00. The number of benzene rings is 1. The summed E-state index contributed by atoms with van der Waals surface area (Å²) in [7, 11) is 0. The number of aryl methyl sites for hydroxylation is 2. The first-order valence-corrected chi connectivity index (χ1v) is 6.63. The Morgan fingerprint density at radius 1 is 1.35 bits per heavy atom. The van der Waals surface area contributed by atoms with E-state index in [1.54, 1.807) is 6.92 Å². The summed E-state index contributed by atoms with van der Waals surface area (Å²) in [6, 6.07) is 9.50. The van der Waals surface area contributed by atoms with Crippen molar-refractivity contribution in [1.29, 1.82) is 0 Å². The third kappa shape index (κ3) is 3.24. The number of rotatable bonds is 4. The number of hydrogen-bond acceptors (Lipinski definition) is 3. The fraction of sp³-hybridized carbons (Fsp3) is 0.333. The van der Waals surface area contributed by atoms with Gasteiger partial charge >= 0.3 is 0 Å². The van der Waals surface area contributed by atoms with Gasteiger partial charge < -0.3 is 11.1 Å². The molecule has 0 saturated heterocycles. The van der Waals surface area contributed by atoms with Gasteiger partial charge in [-0.1, -0.05) is 12.1 Å². The first kappa shape index (κ1) is 14.3. The lowest BCUT2D eigenvalue weighted by atomic mass is 10.2. The summed E-state index contributed by atoms with van der Waals surface area (Å²) in [5.41, 5.74) is 9.63. The molecule has 1 atom stereocenters. The lowest BCUT2D eigenvalue weighted by Gasteiger charge is -2.09. The Balaban J connectivity index is 2.07. The van der Waals surface area contributed by atoms with Crippen LogP contribution in [-0.4, -0.2) is 21.7 Å². The second-order valence-corrected chi connectivity index (χ2v) is 5.01. The van der Waals surface area contributed by atoms with Crippen molar-refractivity contribution < 1.29 is 4.79 Å². The van der Waals surface area contributed by atoms with Gasteiger partial charge in [0.2, 0.25) is 5.91 Å². The van der Waals surface area contributed by atoms with Crippen LogP contribution in [0.2, 0.25) is 0 Å². The summed E-state index contributed by atoms with van der Waals surface area (Å²) in [5, 5.41) is 7.22.